The van der Waals surface area contributed by atoms with E-state index >= 15 is 0 Å². The molecule has 1 atom stereocenters. The summed E-state index contributed by atoms with van der Waals surface area (Å²) in [7, 11) is 0. The standard InChI is InChI=1S/C14H15FN2S/c15-11-6-7-13-12(8-11)16-14(18)17(13)9-10-4-2-1-3-5-10/h1-2,6-8,10H,3-5,9H2,(H,16,18). The minimum atomic E-state index is -0.230. The molecule has 4 heteroatoms. The molecule has 18 heavy (non-hydrogen) atoms. The molecule has 0 saturated carbocycles. The lowest BCUT2D eigenvalue weighted by Gasteiger charge is -2.18. The molecule has 3 rings (SSSR count). The van der Waals surface area contributed by atoms with E-state index in [2.05, 4.69) is 21.7 Å². The van der Waals surface area contributed by atoms with Crippen LogP contribution in [0.25, 0.3) is 11.0 Å². The third-order valence-electron chi connectivity index (χ3n) is 3.55. The Morgan fingerprint density at radius 3 is 3.06 bits per heavy atom. The number of allylic oxidation sites excluding steroid dienone is 2. The van der Waals surface area contributed by atoms with Gasteiger partial charge in [0.05, 0.1) is 11.0 Å². The summed E-state index contributed by atoms with van der Waals surface area (Å²) in [5, 5.41) is 0. The Morgan fingerprint density at radius 2 is 2.28 bits per heavy atom. The van der Waals surface area contributed by atoms with Gasteiger partial charge >= 0.3 is 0 Å². The van der Waals surface area contributed by atoms with Crippen molar-refractivity contribution in [1.82, 2.24) is 9.55 Å². The van der Waals surface area contributed by atoms with Crippen molar-refractivity contribution in [3.63, 3.8) is 0 Å². The van der Waals surface area contributed by atoms with E-state index in [1.54, 1.807) is 6.07 Å². The van der Waals surface area contributed by atoms with Crippen molar-refractivity contribution in [2.24, 2.45) is 5.92 Å². The smallest absolute Gasteiger partial charge is 0.178 e. The quantitative estimate of drug-likeness (QED) is 0.635. The van der Waals surface area contributed by atoms with Gasteiger partial charge in [0.2, 0.25) is 0 Å². The SMILES string of the molecule is Fc1ccc2c(c1)[nH]c(=S)n2CC1CC=CCC1. The van der Waals surface area contributed by atoms with Crippen LogP contribution < -0.4 is 0 Å². The van der Waals surface area contributed by atoms with Crippen LogP contribution in [0.3, 0.4) is 0 Å². The van der Waals surface area contributed by atoms with Crippen LogP contribution in [0.1, 0.15) is 19.3 Å². The predicted molar refractivity (Wildman–Crippen MR) is 73.6 cm³/mol. The Balaban J connectivity index is 1.98. The lowest BCUT2D eigenvalue weighted by molar-refractivity contribution is 0.413. The first-order valence-corrected chi connectivity index (χ1v) is 6.68. The van der Waals surface area contributed by atoms with Crippen molar-refractivity contribution in [2.45, 2.75) is 25.8 Å². The zero-order valence-corrected chi connectivity index (χ0v) is 10.8. The van der Waals surface area contributed by atoms with Crippen LogP contribution in [-0.4, -0.2) is 9.55 Å². The molecule has 2 nitrogen and oxygen atoms in total. The molecule has 2 aromatic rings. The van der Waals surface area contributed by atoms with Crippen molar-refractivity contribution >= 4 is 23.3 Å². The summed E-state index contributed by atoms with van der Waals surface area (Å²) in [6.45, 7) is 0.912. The molecule has 1 unspecified atom stereocenters. The molecule has 1 heterocycles. The lowest BCUT2D eigenvalue weighted by atomic mass is 9.94. The van der Waals surface area contributed by atoms with Gasteiger partial charge in [0.1, 0.15) is 5.82 Å². The molecule has 0 aliphatic heterocycles. The second kappa shape index (κ2) is 4.69. The van der Waals surface area contributed by atoms with Crippen molar-refractivity contribution in [2.75, 3.05) is 0 Å². The van der Waals surface area contributed by atoms with E-state index in [0.29, 0.717) is 10.7 Å². The first kappa shape index (κ1) is 11.7. The molecule has 0 radical (unpaired) electrons. The molecule has 1 aromatic heterocycles. The Labute approximate surface area is 110 Å². The third kappa shape index (κ3) is 2.12. The molecule has 0 spiro atoms. The van der Waals surface area contributed by atoms with Gasteiger partial charge in [-0.3, -0.25) is 0 Å². The summed E-state index contributed by atoms with van der Waals surface area (Å²) in [5.41, 5.74) is 1.78. The van der Waals surface area contributed by atoms with Gasteiger partial charge in [0.25, 0.3) is 0 Å². The zero-order valence-electron chi connectivity index (χ0n) is 10.0. The number of benzene rings is 1. The molecule has 1 aliphatic rings. The molecule has 0 amide bonds. The summed E-state index contributed by atoms with van der Waals surface area (Å²) < 4.78 is 15.9. The van der Waals surface area contributed by atoms with Crippen molar-refractivity contribution in [3.05, 3.63) is 40.9 Å². The van der Waals surface area contributed by atoms with Gasteiger partial charge in [-0.05, 0) is 55.6 Å². The Bertz CT molecular complexity index is 653. The second-order valence-electron chi connectivity index (χ2n) is 4.85. The highest BCUT2D eigenvalue weighted by molar-refractivity contribution is 7.71. The summed E-state index contributed by atoms with van der Waals surface area (Å²) in [6.07, 6.45) is 7.93. The number of nitrogens with zero attached hydrogens (tertiary/aromatic N) is 1. The van der Waals surface area contributed by atoms with E-state index in [9.17, 15) is 4.39 Å². The largest absolute Gasteiger partial charge is 0.330 e. The molecule has 1 aliphatic carbocycles. The minimum absolute atomic E-state index is 0.230. The average molecular weight is 262 g/mol. The van der Waals surface area contributed by atoms with E-state index in [-0.39, 0.29) is 5.82 Å². The van der Waals surface area contributed by atoms with E-state index in [0.717, 1.165) is 30.4 Å². The van der Waals surface area contributed by atoms with Crippen LogP contribution in [0.15, 0.2) is 30.4 Å². The molecular formula is C14H15FN2S. The normalized spacial score (nSPS) is 19.5. The number of halogens is 1. The number of fused-ring (bicyclic) bond motifs is 1. The number of hydrogen-bond acceptors (Lipinski definition) is 1. The summed E-state index contributed by atoms with van der Waals surface area (Å²) in [5.74, 6) is 0.400. The number of imidazole rings is 1. The maximum atomic E-state index is 13.2. The topological polar surface area (TPSA) is 20.7 Å². The number of aromatic amines is 1. The van der Waals surface area contributed by atoms with Crippen molar-refractivity contribution < 1.29 is 4.39 Å². The molecule has 1 aromatic carbocycles. The zero-order chi connectivity index (χ0) is 12.5. The highest BCUT2D eigenvalue weighted by Gasteiger charge is 2.13. The van der Waals surface area contributed by atoms with Crippen LogP contribution in [0.2, 0.25) is 0 Å². The van der Waals surface area contributed by atoms with Gasteiger partial charge in [0.15, 0.2) is 4.77 Å². The van der Waals surface area contributed by atoms with Gasteiger partial charge in [-0.15, -0.1) is 0 Å². The number of nitrogens with one attached hydrogen (secondary N) is 1. The average Bonchev–Trinajstić information content (AvgIpc) is 2.66. The van der Waals surface area contributed by atoms with Gasteiger partial charge in [-0.1, -0.05) is 12.2 Å². The molecule has 94 valence electrons. The third-order valence-corrected chi connectivity index (χ3v) is 3.88. The fraction of sp³-hybridized carbons (Fsp3) is 0.357. The Morgan fingerprint density at radius 1 is 1.39 bits per heavy atom. The first-order valence-electron chi connectivity index (χ1n) is 6.27. The molecule has 1 N–H and O–H groups in total. The number of H-pyrrole nitrogens is 1. The molecule has 0 fully saturated rings. The predicted octanol–water partition coefficient (Wildman–Crippen LogP) is 4.19. The summed E-state index contributed by atoms with van der Waals surface area (Å²) >= 11 is 5.33. The van der Waals surface area contributed by atoms with E-state index < -0.39 is 0 Å². The van der Waals surface area contributed by atoms with Crippen LogP contribution in [0, 0.1) is 16.5 Å². The maximum absolute atomic E-state index is 13.2. The Hall–Kier alpha value is -1.42. The monoisotopic (exact) mass is 262 g/mol. The second-order valence-corrected chi connectivity index (χ2v) is 5.24. The molecular weight excluding hydrogens is 247 g/mol. The lowest BCUT2D eigenvalue weighted by Crippen LogP contribution is -2.12. The van der Waals surface area contributed by atoms with Crippen LogP contribution in [0.4, 0.5) is 4.39 Å². The van der Waals surface area contributed by atoms with Gasteiger partial charge in [-0.25, -0.2) is 4.39 Å². The highest BCUT2D eigenvalue weighted by atomic mass is 32.1. The summed E-state index contributed by atoms with van der Waals surface area (Å²) in [6, 6.07) is 4.79. The highest BCUT2D eigenvalue weighted by Crippen LogP contribution is 2.23. The van der Waals surface area contributed by atoms with Gasteiger partial charge < -0.3 is 9.55 Å². The van der Waals surface area contributed by atoms with Crippen molar-refractivity contribution in [3.8, 4) is 0 Å². The Kier molecular flexibility index (Phi) is 3.04. The summed E-state index contributed by atoms with van der Waals surface area (Å²) in [4.78, 5) is 3.08. The van der Waals surface area contributed by atoms with E-state index in [4.69, 9.17) is 12.2 Å². The van der Waals surface area contributed by atoms with Crippen LogP contribution in [0.5, 0.6) is 0 Å². The van der Waals surface area contributed by atoms with Gasteiger partial charge in [0, 0.05) is 6.54 Å². The maximum Gasteiger partial charge on any atom is 0.178 e. The van der Waals surface area contributed by atoms with E-state index in [1.165, 1.54) is 18.6 Å². The molecule has 0 bridgehead atoms. The fourth-order valence-electron chi connectivity index (χ4n) is 2.60. The van der Waals surface area contributed by atoms with Crippen LogP contribution in [-0.2, 0) is 6.54 Å². The van der Waals surface area contributed by atoms with Crippen LogP contribution >= 0.6 is 12.2 Å². The van der Waals surface area contributed by atoms with Crippen molar-refractivity contribution in [1.29, 1.82) is 0 Å². The number of aromatic nitrogens is 2. The first-order chi connectivity index (χ1) is 8.74. The number of hydrogen-bond donors (Lipinski definition) is 1. The minimum Gasteiger partial charge on any atom is -0.330 e. The number of rotatable bonds is 2. The molecule has 0 saturated heterocycles. The fourth-order valence-corrected chi connectivity index (χ4v) is 2.88. The van der Waals surface area contributed by atoms with E-state index in [1.807, 2.05) is 0 Å². The van der Waals surface area contributed by atoms with Gasteiger partial charge in [-0.2, -0.15) is 0 Å².